The lowest BCUT2D eigenvalue weighted by Crippen LogP contribution is -2.48. The Kier molecular flexibility index (Phi) is 6.23. The minimum atomic E-state index is -2.52. The average molecular weight is 449 g/mol. The number of likely N-dealkylation sites (tertiary alicyclic amines) is 1. The molecule has 1 saturated heterocycles. The van der Waals surface area contributed by atoms with Gasteiger partial charge < -0.3 is 10.2 Å². The summed E-state index contributed by atoms with van der Waals surface area (Å²) < 4.78 is 43.3. The lowest BCUT2D eigenvalue weighted by molar-refractivity contribution is -0.132. The molecule has 2 aliphatic heterocycles. The van der Waals surface area contributed by atoms with Crippen LogP contribution in [0.15, 0.2) is 30.3 Å². The van der Waals surface area contributed by atoms with Gasteiger partial charge >= 0.3 is 0 Å². The first-order valence-electron chi connectivity index (χ1n) is 11.3. The van der Waals surface area contributed by atoms with E-state index in [9.17, 15) is 18.0 Å². The van der Waals surface area contributed by atoms with E-state index in [1.54, 1.807) is 23.1 Å². The van der Waals surface area contributed by atoms with Gasteiger partial charge in [-0.15, -0.1) is 0 Å². The Bertz CT molecular complexity index is 968. The molecule has 3 atom stereocenters. The van der Waals surface area contributed by atoms with Crippen molar-refractivity contribution < 1.29 is 18.0 Å². The van der Waals surface area contributed by atoms with Gasteiger partial charge in [0.1, 0.15) is 17.7 Å². The number of nitrogens with one attached hydrogen (secondary N) is 1. The van der Waals surface area contributed by atoms with Crippen LogP contribution < -0.4 is 5.32 Å². The quantitative estimate of drug-likeness (QED) is 0.732. The summed E-state index contributed by atoms with van der Waals surface area (Å²) in [5, 5.41) is 7.91. The third-order valence-electron chi connectivity index (χ3n) is 6.62. The zero-order valence-electron chi connectivity index (χ0n) is 18.8. The Morgan fingerprint density at radius 1 is 1.28 bits per heavy atom. The summed E-state index contributed by atoms with van der Waals surface area (Å²) in [7, 11) is 0. The number of aromatic nitrogens is 2. The molecule has 1 N–H and O–H groups in total. The van der Waals surface area contributed by atoms with Crippen molar-refractivity contribution in [2.75, 3.05) is 18.4 Å². The van der Waals surface area contributed by atoms with Crippen molar-refractivity contribution in [3.8, 4) is 0 Å². The van der Waals surface area contributed by atoms with Crippen LogP contribution in [0.3, 0.4) is 0 Å². The summed E-state index contributed by atoms with van der Waals surface area (Å²) in [6, 6.07) is 7.00. The Morgan fingerprint density at radius 2 is 2.03 bits per heavy atom. The molecule has 0 bridgehead atoms. The Labute approximate surface area is 187 Å². The predicted molar refractivity (Wildman–Crippen MR) is 117 cm³/mol. The highest BCUT2D eigenvalue weighted by Crippen LogP contribution is 2.38. The second-order valence-corrected chi connectivity index (χ2v) is 10.0. The molecule has 5 nitrogen and oxygen atoms in total. The fourth-order valence-corrected chi connectivity index (χ4v) is 4.73. The molecular formula is C24H31F3N4O. The lowest BCUT2D eigenvalue weighted by Gasteiger charge is -2.41. The Morgan fingerprint density at radius 3 is 2.72 bits per heavy atom. The maximum Gasteiger partial charge on any atom is 0.260 e. The lowest BCUT2D eigenvalue weighted by atomic mass is 9.85. The van der Waals surface area contributed by atoms with E-state index in [1.807, 2.05) is 26.8 Å². The van der Waals surface area contributed by atoms with Gasteiger partial charge in [-0.25, -0.2) is 17.9 Å². The number of hydrogen-bond acceptors (Lipinski definition) is 3. The minimum absolute atomic E-state index is 0.0128. The SMILES string of the molecule is CC(C)(C)c1cc2n(n1)[C@@H](C(F)F)C[C@@H]([C@H]1CCCN(C(=O)Cc3ccccc3F)C1)N2. The number of fused-ring (bicyclic) bond motifs is 1. The third-order valence-corrected chi connectivity index (χ3v) is 6.62. The summed E-state index contributed by atoms with van der Waals surface area (Å²) in [6.07, 6.45) is -0.586. The van der Waals surface area contributed by atoms with Crippen LogP contribution in [-0.2, 0) is 16.6 Å². The van der Waals surface area contributed by atoms with E-state index >= 15 is 0 Å². The second kappa shape index (κ2) is 8.79. The van der Waals surface area contributed by atoms with E-state index in [0.29, 0.717) is 24.5 Å². The van der Waals surface area contributed by atoms with Crippen molar-refractivity contribution in [3.05, 3.63) is 47.4 Å². The zero-order chi connectivity index (χ0) is 23.0. The van der Waals surface area contributed by atoms with Crippen LogP contribution in [0, 0.1) is 11.7 Å². The number of halogens is 3. The van der Waals surface area contributed by atoms with E-state index in [1.165, 1.54) is 10.7 Å². The number of alkyl halides is 2. The Hall–Kier alpha value is -2.51. The van der Waals surface area contributed by atoms with Gasteiger partial charge in [0.05, 0.1) is 12.1 Å². The first kappa shape index (κ1) is 22.7. The van der Waals surface area contributed by atoms with Crippen molar-refractivity contribution in [1.29, 1.82) is 0 Å². The van der Waals surface area contributed by atoms with Crippen LogP contribution >= 0.6 is 0 Å². The average Bonchev–Trinajstić information content (AvgIpc) is 3.19. The van der Waals surface area contributed by atoms with Gasteiger partial charge in [0, 0.05) is 30.6 Å². The van der Waals surface area contributed by atoms with Gasteiger partial charge in [-0.3, -0.25) is 4.79 Å². The molecule has 0 radical (unpaired) electrons. The molecule has 1 aromatic carbocycles. The van der Waals surface area contributed by atoms with Crippen LogP contribution in [0.25, 0.3) is 0 Å². The number of carbonyl (C=O) groups excluding carboxylic acids is 1. The molecule has 8 heteroatoms. The predicted octanol–water partition coefficient (Wildman–Crippen LogP) is 4.79. The Balaban J connectivity index is 1.49. The molecule has 0 aliphatic carbocycles. The summed E-state index contributed by atoms with van der Waals surface area (Å²) >= 11 is 0. The number of amides is 1. The molecule has 1 amide bonds. The normalized spacial score (nSPS) is 23.7. The van der Waals surface area contributed by atoms with E-state index in [-0.39, 0.29) is 41.9 Å². The van der Waals surface area contributed by atoms with Gasteiger partial charge in [-0.05, 0) is 36.8 Å². The summed E-state index contributed by atoms with van der Waals surface area (Å²) in [5.41, 5.74) is 0.915. The summed E-state index contributed by atoms with van der Waals surface area (Å²) in [6.45, 7) is 7.13. The minimum Gasteiger partial charge on any atom is -0.367 e. The fourth-order valence-electron chi connectivity index (χ4n) is 4.73. The van der Waals surface area contributed by atoms with Crippen molar-refractivity contribution in [3.63, 3.8) is 0 Å². The van der Waals surface area contributed by atoms with E-state index in [4.69, 9.17) is 0 Å². The molecule has 0 saturated carbocycles. The standard InChI is InChI=1S/C24H31F3N4O/c1-24(2,3)20-13-21-28-18(12-19(23(26)27)31(21)29-20)16-8-6-10-30(14-16)22(32)11-15-7-4-5-9-17(15)25/h4-5,7,9,13,16,18-19,23,28H,6,8,10-12,14H2,1-3H3/t16-,18-,19+/m0/s1. The van der Waals surface area contributed by atoms with E-state index in [2.05, 4.69) is 10.4 Å². The van der Waals surface area contributed by atoms with Gasteiger partial charge in [0.2, 0.25) is 5.91 Å². The molecule has 0 unspecified atom stereocenters. The number of benzene rings is 1. The smallest absolute Gasteiger partial charge is 0.260 e. The highest BCUT2D eigenvalue weighted by Gasteiger charge is 2.39. The van der Waals surface area contributed by atoms with E-state index in [0.717, 1.165) is 18.5 Å². The van der Waals surface area contributed by atoms with Crippen molar-refractivity contribution in [2.24, 2.45) is 5.92 Å². The van der Waals surface area contributed by atoms with Crippen molar-refractivity contribution in [2.45, 2.75) is 70.4 Å². The molecule has 0 spiro atoms. The highest BCUT2D eigenvalue weighted by molar-refractivity contribution is 5.79. The van der Waals surface area contributed by atoms with Gasteiger partial charge in [0.25, 0.3) is 6.43 Å². The summed E-state index contributed by atoms with van der Waals surface area (Å²) in [5.74, 6) is 0.162. The molecule has 32 heavy (non-hydrogen) atoms. The molecule has 2 aliphatic rings. The van der Waals surface area contributed by atoms with Crippen LogP contribution in [0.5, 0.6) is 0 Å². The van der Waals surface area contributed by atoms with Crippen LogP contribution in [0.2, 0.25) is 0 Å². The largest absolute Gasteiger partial charge is 0.367 e. The van der Waals surface area contributed by atoms with Gasteiger partial charge in [-0.2, -0.15) is 5.10 Å². The van der Waals surface area contributed by atoms with Gasteiger partial charge in [-0.1, -0.05) is 39.0 Å². The molecule has 174 valence electrons. The van der Waals surface area contributed by atoms with E-state index < -0.39 is 12.5 Å². The summed E-state index contributed by atoms with van der Waals surface area (Å²) in [4.78, 5) is 14.6. The fraction of sp³-hybridized carbons (Fsp3) is 0.583. The van der Waals surface area contributed by atoms with Crippen molar-refractivity contribution >= 4 is 11.7 Å². The van der Waals surface area contributed by atoms with Gasteiger partial charge in [0.15, 0.2) is 0 Å². The zero-order valence-corrected chi connectivity index (χ0v) is 18.8. The first-order chi connectivity index (χ1) is 15.1. The highest BCUT2D eigenvalue weighted by atomic mass is 19.3. The molecule has 3 heterocycles. The molecule has 2 aromatic rings. The monoisotopic (exact) mass is 448 g/mol. The molecular weight excluding hydrogens is 417 g/mol. The maximum absolute atomic E-state index is 14.0. The van der Waals surface area contributed by atoms with Crippen molar-refractivity contribution in [1.82, 2.24) is 14.7 Å². The van der Waals surface area contributed by atoms with Crippen LogP contribution in [0.4, 0.5) is 19.0 Å². The number of hydrogen-bond donors (Lipinski definition) is 1. The second-order valence-electron chi connectivity index (χ2n) is 10.0. The van der Waals surface area contributed by atoms with Crippen LogP contribution in [-0.4, -0.2) is 46.1 Å². The number of rotatable bonds is 4. The molecule has 1 aromatic heterocycles. The number of carbonyl (C=O) groups is 1. The number of piperidine rings is 1. The molecule has 4 rings (SSSR count). The third kappa shape index (κ3) is 4.64. The number of anilines is 1. The van der Waals surface area contributed by atoms with Crippen LogP contribution in [0.1, 0.15) is 57.3 Å². The molecule has 1 fully saturated rings. The topological polar surface area (TPSA) is 50.2 Å². The maximum atomic E-state index is 14.0. The first-order valence-corrected chi connectivity index (χ1v) is 11.3. The number of nitrogens with zero attached hydrogens (tertiary/aromatic N) is 3.